The Bertz CT molecular complexity index is 554. The van der Waals surface area contributed by atoms with Crippen LogP contribution in [-0.4, -0.2) is 25.0 Å². The fourth-order valence-electron chi connectivity index (χ4n) is 3.47. The van der Waals surface area contributed by atoms with Gasteiger partial charge in [-0.15, -0.1) is 0 Å². The summed E-state index contributed by atoms with van der Waals surface area (Å²) in [5.74, 6) is -0.157. The summed E-state index contributed by atoms with van der Waals surface area (Å²) < 4.78 is 6.34. The molecule has 3 rings (SSSR count). The van der Waals surface area contributed by atoms with Crippen LogP contribution in [0.4, 0.5) is 0 Å². The quantitative estimate of drug-likeness (QED) is 0.833. The van der Waals surface area contributed by atoms with E-state index in [1.54, 1.807) is 0 Å². The Morgan fingerprint density at radius 3 is 2.57 bits per heavy atom. The van der Waals surface area contributed by atoms with E-state index in [4.69, 9.17) is 4.74 Å². The van der Waals surface area contributed by atoms with Gasteiger partial charge in [-0.2, -0.15) is 0 Å². The van der Waals surface area contributed by atoms with Crippen molar-refractivity contribution in [1.29, 1.82) is 0 Å². The van der Waals surface area contributed by atoms with E-state index in [1.807, 2.05) is 24.3 Å². The van der Waals surface area contributed by atoms with Crippen molar-refractivity contribution in [2.45, 2.75) is 25.2 Å². The molecule has 2 amide bonds. The number of halogens is 1. The van der Waals surface area contributed by atoms with Crippen LogP contribution in [0.25, 0.3) is 0 Å². The largest absolute Gasteiger partial charge is 0.381 e. The van der Waals surface area contributed by atoms with E-state index in [0.29, 0.717) is 12.3 Å². The molecular weight excluding hydrogens is 334 g/mol. The van der Waals surface area contributed by atoms with Crippen molar-refractivity contribution in [3.8, 4) is 0 Å². The maximum atomic E-state index is 12.4. The van der Waals surface area contributed by atoms with Gasteiger partial charge in [0.05, 0.1) is 5.92 Å². The molecule has 2 heterocycles. The normalized spacial score (nSPS) is 27.5. The molecule has 112 valence electrons. The van der Waals surface area contributed by atoms with Gasteiger partial charge in [0.25, 0.3) is 0 Å². The van der Waals surface area contributed by atoms with Crippen molar-refractivity contribution in [2.75, 3.05) is 13.2 Å². The molecule has 0 spiro atoms. The van der Waals surface area contributed by atoms with Crippen LogP contribution in [0.2, 0.25) is 0 Å². The molecule has 1 N–H and O–H groups in total. The number of benzene rings is 1. The molecule has 0 bridgehead atoms. The van der Waals surface area contributed by atoms with Crippen molar-refractivity contribution in [2.24, 2.45) is 11.8 Å². The average Bonchev–Trinajstić information content (AvgIpc) is 2.49. The van der Waals surface area contributed by atoms with E-state index in [0.717, 1.165) is 36.1 Å². The Morgan fingerprint density at radius 2 is 1.86 bits per heavy atom. The van der Waals surface area contributed by atoms with Gasteiger partial charge in [0.1, 0.15) is 0 Å². The van der Waals surface area contributed by atoms with E-state index < -0.39 is 0 Å². The minimum atomic E-state index is -0.263. The number of rotatable bonds is 2. The fourth-order valence-corrected chi connectivity index (χ4v) is 4.01. The van der Waals surface area contributed by atoms with Gasteiger partial charge < -0.3 is 4.74 Å². The van der Waals surface area contributed by atoms with Crippen molar-refractivity contribution in [3.05, 3.63) is 34.3 Å². The molecule has 2 aliphatic heterocycles. The molecule has 0 radical (unpaired) electrons. The highest BCUT2D eigenvalue weighted by molar-refractivity contribution is 9.10. The minimum Gasteiger partial charge on any atom is -0.381 e. The third-order valence-corrected chi connectivity index (χ3v) is 5.23. The van der Waals surface area contributed by atoms with Crippen LogP contribution in [0.1, 0.15) is 30.7 Å². The van der Waals surface area contributed by atoms with Crippen LogP contribution in [0, 0.1) is 11.8 Å². The number of carbonyl (C=O) groups excluding carboxylic acids is 2. The van der Waals surface area contributed by atoms with Crippen molar-refractivity contribution < 1.29 is 14.3 Å². The molecule has 2 fully saturated rings. The number of hydrogen-bond donors (Lipinski definition) is 1. The van der Waals surface area contributed by atoms with Crippen molar-refractivity contribution >= 4 is 27.7 Å². The van der Waals surface area contributed by atoms with Gasteiger partial charge in [-0.25, -0.2) is 0 Å². The second kappa shape index (κ2) is 6.28. The third-order valence-electron chi connectivity index (χ3n) is 4.51. The Balaban J connectivity index is 1.94. The van der Waals surface area contributed by atoms with Crippen LogP contribution in [0.15, 0.2) is 28.7 Å². The molecule has 5 heteroatoms. The first-order valence-corrected chi connectivity index (χ1v) is 8.12. The molecule has 2 unspecified atom stereocenters. The Morgan fingerprint density at radius 1 is 1.14 bits per heavy atom. The lowest BCUT2D eigenvalue weighted by atomic mass is 9.71. The number of ether oxygens (including phenoxy) is 1. The van der Waals surface area contributed by atoms with Crippen molar-refractivity contribution in [1.82, 2.24) is 5.32 Å². The Kier molecular flexibility index (Phi) is 4.40. The number of nitrogens with one attached hydrogen (secondary N) is 1. The Labute approximate surface area is 132 Å². The maximum absolute atomic E-state index is 12.4. The van der Waals surface area contributed by atoms with Gasteiger partial charge in [-0.05, 0) is 36.3 Å². The van der Waals surface area contributed by atoms with Crippen molar-refractivity contribution in [3.63, 3.8) is 0 Å². The molecule has 2 aliphatic rings. The molecule has 1 aromatic rings. The standard InChI is InChI=1S/C16H18BrNO3/c17-13-4-2-1-3-11(13)15-12(9-14(19)18-16(15)20)10-5-7-21-8-6-10/h1-4,10,12,15H,5-9H2,(H,18,19,20). The summed E-state index contributed by atoms with van der Waals surface area (Å²) in [4.78, 5) is 24.2. The molecule has 1 aromatic carbocycles. The molecule has 0 aromatic heterocycles. The second-order valence-corrected chi connectivity index (χ2v) is 6.58. The summed E-state index contributed by atoms with van der Waals surface area (Å²) in [5.41, 5.74) is 0.971. The molecule has 21 heavy (non-hydrogen) atoms. The zero-order valence-electron chi connectivity index (χ0n) is 11.7. The highest BCUT2D eigenvalue weighted by atomic mass is 79.9. The smallest absolute Gasteiger partial charge is 0.234 e. The van der Waals surface area contributed by atoms with E-state index in [2.05, 4.69) is 21.2 Å². The summed E-state index contributed by atoms with van der Waals surface area (Å²) in [5, 5.41) is 2.49. The molecule has 2 saturated heterocycles. The van der Waals surface area contributed by atoms with E-state index >= 15 is 0 Å². The van der Waals surface area contributed by atoms with Gasteiger partial charge in [0.2, 0.25) is 11.8 Å². The molecular formula is C16H18BrNO3. The summed E-state index contributed by atoms with van der Waals surface area (Å²) in [6, 6.07) is 7.78. The predicted molar refractivity (Wildman–Crippen MR) is 81.7 cm³/mol. The van der Waals surface area contributed by atoms with Gasteiger partial charge in [-0.1, -0.05) is 34.1 Å². The lowest BCUT2D eigenvalue weighted by Crippen LogP contribution is -2.47. The van der Waals surface area contributed by atoms with E-state index in [1.165, 1.54) is 0 Å². The lowest BCUT2D eigenvalue weighted by Gasteiger charge is -2.38. The van der Waals surface area contributed by atoms with Gasteiger partial charge in [0.15, 0.2) is 0 Å². The number of amides is 2. The van der Waals surface area contributed by atoms with Gasteiger partial charge >= 0.3 is 0 Å². The maximum Gasteiger partial charge on any atom is 0.234 e. The highest BCUT2D eigenvalue weighted by Gasteiger charge is 2.42. The van der Waals surface area contributed by atoms with Crippen LogP contribution >= 0.6 is 15.9 Å². The number of carbonyl (C=O) groups is 2. The first-order chi connectivity index (χ1) is 10.2. The highest BCUT2D eigenvalue weighted by Crippen LogP contribution is 2.41. The van der Waals surface area contributed by atoms with Crippen LogP contribution in [0.3, 0.4) is 0 Å². The monoisotopic (exact) mass is 351 g/mol. The van der Waals surface area contributed by atoms with Crippen LogP contribution < -0.4 is 5.32 Å². The average molecular weight is 352 g/mol. The SMILES string of the molecule is O=C1CC(C2CCOCC2)C(c2ccccc2Br)C(=O)N1. The predicted octanol–water partition coefficient (Wildman–Crippen LogP) is 2.62. The van der Waals surface area contributed by atoms with E-state index in [9.17, 15) is 9.59 Å². The van der Waals surface area contributed by atoms with E-state index in [-0.39, 0.29) is 23.7 Å². The first kappa shape index (κ1) is 14.7. The van der Waals surface area contributed by atoms with Crippen LogP contribution in [-0.2, 0) is 14.3 Å². The van der Waals surface area contributed by atoms with Gasteiger partial charge in [0, 0.05) is 24.1 Å². The summed E-state index contributed by atoms with van der Waals surface area (Å²) >= 11 is 3.54. The number of piperidine rings is 1. The lowest BCUT2D eigenvalue weighted by molar-refractivity contribution is -0.138. The summed E-state index contributed by atoms with van der Waals surface area (Å²) in [6.07, 6.45) is 2.26. The zero-order chi connectivity index (χ0) is 14.8. The molecule has 0 aliphatic carbocycles. The second-order valence-electron chi connectivity index (χ2n) is 5.73. The molecule has 0 saturated carbocycles. The fraction of sp³-hybridized carbons (Fsp3) is 0.500. The minimum absolute atomic E-state index is 0.0637. The molecule has 2 atom stereocenters. The third kappa shape index (κ3) is 3.04. The molecule has 4 nitrogen and oxygen atoms in total. The summed E-state index contributed by atoms with van der Waals surface area (Å²) in [7, 11) is 0. The number of imide groups is 1. The van der Waals surface area contributed by atoms with Gasteiger partial charge in [-0.3, -0.25) is 14.9 Å². The zero-order valence-corrected chi connectivity index (χ0v) is 13.3. The van der Waals surface area contributed by atoms with Crippen LogP contribution in [0.5, 0.6) is 0 Å². The Hall–Kier alpha value is -1.20. The number of hydrogen-bond acceptors (Lipinski definition) is 3. The first-order valence-electron chi connectivity index (χ1n) is 7.32. The topological polar surface area (TPSA) is 55.4 Å². The summed E-state index contributed by atoms with van der Waals surface area (Å²) in [6.45, 7) is 1.44.